The first-order chi connectivity index (χ1) is 8.72. The second-order valence-corrected chi connectivity index (χ2v) is 5.30. The predicted octanol–water partition coefficient (Wildman–Crippen LogP) is 1.69. The van der Waals surface area contributed by atoms with Crippen molar-refractivity contribution in [2.24, 2.45) is 5.92 Å². The molecule has 2 N–H and O–H groups in total. The summed E-state index contributed by atoms with van der Waals surface area (Å²) in [4.78, 5) is 16.1. The standard InChI is InChI=1S/C13H18N2O2S/c1-18-13-10(3-2-7-15-13)12(17)14-8-6-11(16)9-4-5-9/h2-3,7,9,11,16H,4-6,8H2,1H3,(H,14,17)/t11-/m0/s1. The van der Waals surface area contributed by atoms with Crippen molar-refractivity contribution < 1.29 is 9.90 Å². The molecule has 0 saturated heterocycles. The second kappa shape index (κ2) is 6.20. The quantitative estimate of drug-likeness (QED) is 0.769. The Balaban J connectivity index is 1.83. The number of amides is 1. The van der Waals surface area contributed by atoms with Crippen molar-refractivity contribution in [3.63, 3.8) is 0 Å². The van der Waals surface area contributed by atoms with Crippen molar-refractivity contribution in [1.29, 1.82) is 0 Å². The smallest absolute Gasteiger partial charge is 0.254 e. The van der Waals surface area contributed by atoms with Gasteiger partial charge in [0.1, 0.15) is 5.03 Å². The molecule has 1 saturated carbocycles. The van der Waals surface area contributed by atoms with Crippen molar-refractivity contribution >= 4 is 17.7 Å². The lowest BCUT2D eigenvalue weighted by molar-refractivity contribution is 0.0933. The Kier molecular flexibility index (Phi) is 4.60. The van der Waals surface area contributed by atoms with E-state index < -0.39 is 0 Å². The van der Waals surface area contributed by atoms with Gasteiger partial charge in [0.25, 0.3) is 5.91 Å². The van der Waals surface area contributed by atoms with Crippen molar-refractivity contribution in [3.8, 4) is 0 Å². The van der Waals surface area contributed by atoms with Crippen LogP contribution in [-0.2, 0) is 0 Å². The van der Waals surface area contributed by atoms with Gasteiger partial charge in [-0.05, 0) is 43.6 Å². The molecule has 1 aromatic rings. The van der Waals surface area contributed by atoms with E-state index in [9.17, 15) is 9.90 Å². The molecular weight excluding hydrogens is 248 g/mol. The molecule has 2 rings (SSSR count). The first-order valence-corrected chi connectivity index (χ1v) is 7.40. The number of carbonyl (C=O) groups excluding carboxylic acids is 1. The molecule has 1 aliphatic rings. The van der Waals surface area contributed by atoms with Gasteiger partial charge in [0, 0.05) is 12.7 Å². The summed E-state index contributed by atoms with van der Waals surface area (Å²) in [5, 5.41) is 13.3. The number of thioether (sulfide) groups is 1. The average molecular weight is 266 g/mol. The van der Waals surface area contributed by atoms with Gasteiger partial charge in [-0.25, -0.2) is 4.98 Å². The zero-order chi connectivity index (χ0) is 13.0. The summed E-state index contributed by atoms with van der Waals surface area (Å²) in [6.45, 7) is 0.513. The second-order valence-electron chi connectivity index (χ2n) is 4.51. The monoisotopic (exact) mass is 266 g/mol. The van der Waals surface area contributed by atoms with Gasteiger partial charge in [-0.1, -0.05) is 0 Å². The van der Waals surface area contributed by atoms with Crippen LogP contribution in [-0.4, -0.2) is 34.9 Å². The number of hydrogen-bond acceptors (Lipinski definition) is 4. The molecule has 1 aliphatic carbocycles. The summed E-state index contributed by atoms with van der Waals surface area (Å²) >= 11 is 1.46. The number of aliphatic hydroxyl groups is 1. The minimum atomic E-state index is -0.265. The Morgan fingerprint density at radius 1 is 1.67 bits per heavy atom. The summed E-state index contributed by atoms with van der Waals surface area (Å²) < 4.78 is 0. The van der Waals surface area contributed by atoms with E-state index in [0.717, 1.165) is 17.9 Å². The third kappa shape index (κ3) is 3.46. The first-order valence-electron chi connectivity index (χ1n) is 6.17. The van der Waals surface area contributed by atoms with E-state index >= 15 is 0 Å². The fourth-order valence-electron chi connectivity index (χ4n) is 1.87. The van der Waals surface area contributed by atoms with Crippen molar-refractivity contribution in [2.45, 2.75) is 30.4 Å². The Morgan fingerprint density at radius 3 is 3.11 bits per heavy atom. The molecule has 0 unspecified atom stereocenters. The molecule has 1 heterocycles. The fourth-order valence-corrected chi connectivity index (χ4v) is 2.42. The summed E-state index contributed by atoms with van der Waals surface area (Å²) in [7, 11) is 0. The molecule has 18 heavy (non-hydrogen) atoms. The van der Waals surface area contributed by atoms with Gasteiger partial charge < -0.3 is 10.4 Å². The third-order valence-electron chi connectivity index (χ3n) is 3.10. The minimum absolute atomic E-state index is 0.115. The van der Waals surface area contributed by atoms with E-state index in [1.54, 1.807) is 18.3 Å². The van der Waals surface area contributed by atoms with Crippen LogP contribution >= 0.6 is 11.8 Å². The molecule has 98 valence electrons. The van der Waals surface area contributed by atoms with E-state index in [0.29, 0.717) is 24.4 Å². The molecule has 0 radical (unpaired) electrons. The largest absolute Gasteiger partial charge is 0.393 e. The van der Waals surface area contributed by atoms with Gasteiger partial charge in [-0.2, -0.15) is 0 Å². The topological polar surface area (TPSA) is 62.2 Å². The predicted molar refractivity (Wildman–Crippen MR) is 71.7 cm³/mol. The lowest BCUT2D eigenvalue weighted by Gasteiger charge is -2.11. The molecule has 4 nitrogen and oxygen atoms in total. The molecule has 0 spiro atoms. The van der Waals surface area contributed by atoms with Crippen LogP contribution in [0, 0.1) is 5.92 Å². The van der Waals surface area contributed by atoms with Crippen LogP contribution in [0.1, 0.15) is 29.6 Å². The average Bonchev–Trinajstić information content (AvgIpc) is 3.22. The molecule has 1 amide bonds. The molecule has 0 aliphatic heterocycles. The van der Waals surface area contributed by atoms with Crippen LogP contribution in [0.2, 0.25) is 0 Å². The van der Waals surface area contributed by atoms with Crippen molar-refractivity contribution in [2.75, 3.05) is 12.8 Å². The zero-order valence-electron chi connectivity index (χ0n) is 10.4. The number of nitrogens with zero attached hydrogens (tertiary/aromatic N) is 1. The Labute approximate surface area is 111 Å². The van der Waals surface area contributed by atoms with E-state index in [1.165, 1.54) is 11.8 Å². The van der Waals surface area contributed by atoms with Gasteiger partial charge in [0.05, 0.1) is 11.7 Å². The maximum Gasteiger partial charge on any atom is 0.254 e. The van der Waals surface area contributed by atoms with Crippen LogP contribution in [0.3, 0.4) is 0 Å². The molecule has 5 heteroatoms. The van der Waals surface area contributed by atoms with Crippen molar-refractivity contribution in [3.05, 3.63) is 23.9 Å². The highest BCUT2D eigenvalue weighted by molar-refractivity contribution is 7.98. The Morgan fingerprint density at radius 2 is 2.44 bits per heavy atom. The van der Waals surface area contributed by atoms with E-state index in [1.807, 2.05) is 6.26 Å². The van der Waals surface area contributed by atoms with E-state index in [4.69, 9.17) is 0 Å². The number of rotatable bonds is 6. The van der Waals surface area contributed by atoms with Crippen LogP contribution in [0.15, 0.2) is 23.4 Å². The molecule has 0 aromatic carbocycles. The number of nitrogens with one attached hydrogen (secondary N) is 1. The van der Waals surface area contributed by atoms with Gasteiger partial charge in [-0.15, -0.1) is 11.8 Å². The summed E-state index contributed by atoms with van der Waals surface area (Å²) in [5.74, 6) is 0.345. The number of pyridine rings is 1. The SMILES string of the molecule is CSc1ncccc1C(=O)NCC[C@H](O)C1CC1. The maximum atomic E-state index is 11.9. The van der Waals surface area contributed by atoms with Crippen LogP contribution in [0.25, 0.3) is 0 Å². The summed E-state index contributed by atoms with van der Waals surface area (Å²) in [5.41, 5.74) is 0.603. The highest BCUT2D eigenvalue weighted by atomic mass is 32.2. The summed E-state index contributed by atoms with van der Waals surface area (Å²) in [6.07, 6.45) is 6.18. The number of carbonyl (C=O) groups is 1. The maximum absolute atomic E-state index is 11.9. The van der Waals surface area contributed by atoms with Crippen LogP contribution < -0.4 is 5.32 Å². The zero-order valence-corrected chi connectivity index (χ0v) is 11.2. The fraction of sp³-hybridized carbons (Fsp3) is 0.538. The number of hydrogen-bond donors (Lipinski definition) is 2. The number of aliphatic hydroxyl groups excluding tert-OH is 1. The summed E-state index contributed by atoms with van der Waals surface area (Å²) in [6, 6.07) is 3.53. The van der Waals surface area contributed by atoms with Gasteiger partial charge >= 0.3 is 0 Å². The Hall–Kier alpha value is -1.07. The molecule has 1 aromatic heterocycles. The first kappa shape index (κ1) is 13.4. The molecule has 1 atom stereocenters. The lowest BCUT2D eigenvalue weighted by atomic mass is 10.1. The molecule has 0 bridgehead atoms. The van der Waals surface area contributed by atoms with Gasteiger partial charge in [0.2, 0.25) is 0 Å². The van der Waals surface area contributed by atoms with Crippen LogP contribution in [0.4, 0.5) is 0 Å². The molecule has 1 fully saturated rings. The Bertz CT molecular complexity index is 421. The van der Waals surface area contributed by atoms with Crippen LogP contribution in [0.5, 0.6) is 0 Å². The lowest BCUT2D eigenvalue weighted by Crippen LogP contribution is -2.28. The normalized spacial score (nSPS) is 16.3. The van der Waals surface area contributed by atoms with Crippen molar-refractivity contribution in [1.82, 2.24) is 10.3 Å². The highest BCUT2D eigenvalue weighted by Gasteiger charge is 2.29. The van der Waals surface area contributed by atoms with Gasteiger partial charge in [-0.3, -0.25) is 4.79 Å². The minimum Gasteiger partial charge on any atom is -0.393 e. The molecular formula is C13H18N2O2S. The number of aromatic nitrogens is 1. The highest BCUT2D eigenvalue weighted by Crippen LogP contribution is 2.33. The van der Waals surface area contributed by atoms with Gasteiger partial charge in [0.15, 0.2) is 0 Å². The third-order valence-corrected chi connectivity index (χ3v) is 3.81. The van der Waals surface area contributed by atoms with E-state index in [2.05, 4.69) is 10.3 Å². The van der Waals surface area contributed by atoms with E-state index in [-0.39, 0.29) is 12.0 Å².